The molecule has 0 heterocycles. The summed E-state index contributed by atoms with van der Waals surface area (Å²) in [5.74, 6) is 0. The molecule has 0 amide bonds. The number of rotatable bonds is 2. The van der Waals surface area contributed by atoms with Crippen molar-refractivity contribution < 1.29 is 0 Å². The van der Waals surface area contributed by atoms with Gasteiger partial charge in [0, 0.05) is 24.5 Å². The Morgan fingerprint density at radius 2 is 2.07 bits per heavy atom. The van der Waals surface area contributed by atoms with Gasteiger partial charge in [0.05, 0.1) is 0 Å². The van der Waals surface area contributed by atoms with E-state index in [2.05, 4.69) is 31.0 Å². The van der Waals surface area contributed by atoms with Crippen LogP contribution in [0.1, 0.15) is 24.8 Å². The van der Waals surface area contributed by atoms with Crippen LogP contribution in [0, 0.1) is 6.92 Å². The van der Waals surface area contributed by atoms with Crippen LogP contribution in [0.25, 0.3) is 0 Å². The maximum Gasteiger partial charge on any atom is 0.0370 e. The fraction of sp³-hybridized carbons (Fsp3) is 0.500. The van der Waals surface area contributed by atoms with E-state index in [0.29, 0.717) is 0 Å². The molecular weight excluding hydrogens is 172 g/mol. The summed E-state index contributed by atoms with van der Waals surface area (Å²) in [7, 11) is 2.18. The molecule has 0 bridgehead atoms. The third kappa shape index (κ3) is 1.57. The average molecular weight is 190 g/mol. The molecule has 14 heavy (non-hydrogen) atoms. The molecule has 0 aliphatic heterocycles. The van der Waals surface area contributed by atoms with Gasteiger partial charge in [0.25, 0.3) is 0 Å². The van der Waals surface area contributed by atoms with Crippen molar-refractivity contribution in [2.75, 3.05) is 17.7 Å². The molecule has 1 saturated carbocycles. The van der Waals surface area contributed by atoms with E-state index in [4.69, 9.17) is 5.73 Å². The Kier molecular flexibility index (Phi) is 2.36. The van der Waals surface area contributed by atoms with Gasteiger partial charge in [-0.25, -0.2) is 0 Å². The number of aryl methyl sites for hydroxylation is 1. The quantitative estimate of drug-likeness (QED) is 0.726. The Morgan fingerprint density at radius 3 is 2.57 bits per heavy atom. The molecule has 0 unspecified atom stereocenters. The fourth-order valence-corrected chi connectivity index (χ4v) is 1.86. The number of hydrogen-bond donors (Lipinski definition) is 1. The SMILES string of the molecule is Cc1cc(N(C)C2CCC2)ccc1N. The summed E-state index contributed by atoms with van der Waals surface area (Å²) in [6, 6.07) is 7.03. The van der Waals surface area contributed by atoms with Gasteiger partial charge in [-0.2, -0.15) is 0 Å². The largest absolute Gasteiger partial charge is 0.399 e. The van der Waals surface area contributed by atoms with Crippen LogP contribution in [0.5, 0.6) is 0 Å². The number of anilines is 2. The minimum atomic E-state index is 0.748. The first-order valence-electron chi connectivity index (χ1n) is 5.27. The van der Waals surface area contributed by atoms with E-state index in [1.807, 2.05) is 6.07 Å². The molecule has 1 aliphatic carbocycles. The molecule has 2 rings (SSSR count). The summed E-state index contributed by atoms with van der Waals surface area (Å²) in [5.41, 5.74) is 9.15. The summed E-state index contributed by atoms with van der Waals surface area (Å²) in [6.07, 6.45) is 4.04. The van der Waals surface area contributed by atoms with Crippen molar-refractivity contribution in [2.45, 2.75) is 32.2 Å². The Hall–Kier alpha value is -1.18. The van der Waals surface area contributed by atoms with Crippen molar-refractivity contribution >= 4 is 11.4 Å². The maximum atomic E-state index is 5.79. The molecule has 2 nitrogen and oxygen atoms in total. The molecule has 1 fully saturated rings. The van der Waals surface area contributed by atoms with Crippen molar-refractivity contribution in [3.05, 3.63) is 23.8 Å². The van der Waals surface area contributed by atoms with Crippen molar-refractivity contribution in [1.82, 2.24) is 0 Å². The van der Waals surface area contributed by atoms with E-state index < -0.39 is 0 Å². The highest BCUT2D eigenvalue weighted by molar-refractivity contribution is 5.58. The predicted octanol–water partition coefficient (Wildman–Crippen LogP) is 2.57. The van der Waals surface area contributed by atoms with E-state index in [-0.39, 0.29) is 0 Å². The third-order valence-electron chi connectivity index (χ3n) is 3.28. The lowest BCUT2D eigenvalue weighted by molar-refractivity contribution is 0.401. The van der Waals surface area contributed by atoms with Crippen LogP contribution >= 0.6 is 0 Å². The molecule has 76 valence electrons. The van der Waals surface area contributed by atoms with Gasteiger partial charge >= 0.3 is 0 Å². The van der Waals surface area contributed by atoms with Gasteiger partial charge in [-0.1, -0.05) is 0 Å². The first kappa shape index (κ1) is 9.38. The van der Waals surface area contributed by atoms with Crippen molar-refractivity contribution in [2.24, 2.45) is 0 Å². The summed E-state index contributed by atoms with van der Waals surface area (Å²) in [4.78, 5) is 2.37. The number of hydrogen-bond acceptors (Lipinski definition) is 2. The predicted molar refractivity (Wildman–Crippen MR) is 61.6 cm³/mol. The summed E-state index contributed by atoms with van der Waals surface area (Å²) in [5, 5.41) is 0. The van der Waals surface area contributed by atoms with Crippen molar-refractivity contribution in [1.29, 1.82) is 0 Å². The summed E-state index contributed by atoms with van der Waals surface area (Å²) < 4.78 is 0. The second-order valence-corrected chi connectivity index (χ2v) is 4.24. The van der Waals surface area contributed by atoms with Crippen LogP contribution in [0.15, 0.2) is 18.2 Å². The minimum Gasteiger partial charge on any atom is -0.399 e. The van der Waals surface area contributed by atoms with Crippen LogP contribution in [0.3, 0.4) is 0 Å². The van der Waals surface area contributed by atoms with Gasteiger partial charge in [-0.15, -0.1) is 0 Å². The first-order chi connectivity index (χ1) is 6.68. The lowest BCUT2D eigenvalue weighted by atomic mass is 9.91. The van der Waals surface area contributed by atoms with Crippen LogP contribution in [-0.4, -0.2) is 13.1 Å². The van der Waals surface area contributed by atoms with Gasteiger partial charge in [-0.05, 0) is 49.9 Å². The molecule has 2 heteroatoms. The molecule has 1 aliphatic rings. The molecule has 1 aromatic carbocycles. The van der Waals surface area contributed by atoms with E-state index >= 15 is 0 Å². The maximum absolute atomic E-state index is 5.79. The number of nitrogens with zero attached hydrogens (tertiary/aromatic N) is 1. The van der Waals surface area contributed by atoms with E-state index in [1.54, 1.807) is 0 Å². The zero-order valence-corrected chi connectivity index (χ0v) is 8.96. The lowest BCUT2D eigenvalue weighted by Gasteiger charge is -2.36. The van der Waals surface area contributed by atoms with Gasteiger partial charge in [0.2, 0.25) is 0 Å². The van der Waals surface area contributed by atoms with E-state index in [0.717, 1.165) is 11.7 Å². The summed E-state index contributed by atoms with van der Waals surface area (Å²) >= 11 is 0. The number of nitrogens with two attached hydrogens (primary N) is 1. The molecule has 0 aromatic heterocycles. The van der Waals surface area contributed by atoms with Crippen LogP contribution < -0.4 is 10.6 Å². The molecule has 0 spiro atoms. The Bertz CT molecular complexity index is 329. The van der Waals surface area contributed by atoms with Gasteiger partial charge in [0.1, 0.15) is 0 Å². The highest BCUT2D eigenvalue weighted by Gasteiger charge is 2.22. The standard InChI is InChI=1S/C12H18N2/c1-9-8-11(6-7-12(9)13)14(2)10-4-3-5-10/h6-8,10H,3-5,13H2,1-2H3. The van der Waals surface area contributed by atoms with Crippen LogP contribution in [0.4, 0.5) is 11.4 Å². The molecule has 0 radical (unpaired) electrons. The average Bonchev–Trinajstić information content (AvgIpc) is 2.06. The molecule has 1 aromatic rings. The van der Waals surface area contributed by atoms with E-state index in [9.17, 15) is 0 Å². The van der Waals surface area contributed by atoms with Gasteiger partial charge in [-0.3, -0.25) is 0 Å². The number of nitrogen functional groups attached to an aromatic ring is 1. The molecule has 0 saturated heterocycles. The topological polar surface area (TPSA) is 29.3 Å². The zero-order valence-electron chi connectivity index (χ0n) is 8.96. The second kappa shape index (κ2) is 3.52. The van der Waals surface area contributed by atoms with Crippen LogP contribution in [0.2, 0.25) is 0 Å². The second-order valence-electron chi connectivity index (χ2n) is 4.24. The lowest BCUT2D eigenvalue weighted by Crippen LogP contribution is -2.37. The first-order valence-corrected chi connectivity index (χ1v) is 5.27. The highest BCUT2D eigenvalue weighted by Crippen LogP contribution is 2.29. The molecule has 0 atom stereocenters. The molecular formula is C12H18N2. The van der Waals surface area contributed by atoms with Crippen molar-refractivity contribution in [3.8, 4) is 0 Å². The summed E-state index contributed by atoms with van der Waals surface area (Å²) in [6.45, 7) is 2.06. The smallest absolute Gasteiger partial charge is 0.0370 e. The normalized spacial score (nSPS) is 16.4. The van der Waals surface area contributed by atoms with Crippen LogP contribution in [-0.2, 0) is 0 Å². The highest BCUT2D eigenvalue weighted by atomic mass is 15.1. The Balaban J connectivity index is 2.18. The third-order valence-corrected chi connectivity index (χ3v) is 3.28. The minimum absolute atomic E-state index is 0.748. The Morgan fingerprint density at radius 1 is 1.36 bits per heavy atom. The monoisotopic (exact) mass is 190 g/mol. The van der Waals surface area contributed by atoms with Crippen molar-refractivity contribution in [3.63, 3.8) is 0 Å². The molecule has 2 N–H and O–H groups in total. The van der Waals surface area contributed by atoms with Gasteiger partial charge < -0.3 is 10.6 Å². The number of benzene rings is 1. The van der Waals surface area contributed by atoms with E-state index in [1.165, 1.54) is 30.5 Å². The fourth-order valence-electron chi connectivity index (χ4n) is 1.86. The van der Waals surface area contributed by atoms with Gasteiger partial charge in [0.15, 0.2) is 0 Å². The Labute approximate surface area is 85.7 Å². The zero-order chi connectivity index (χ0) is 10.1.